The molecule has 6 rings (SSSR count). The summed E-state index contributed by atoms with van der Waals surface area (Å²) in [4.78, 5) is 21.2. The minimum atomic E-state index is -0.905. The molecule has 1 saturated carbocycles. The third kappa shape index (κ3) is 4.32. The summed E-state index contributed by atoms with van der Waals surface area (Å²) in [5.74, 6) is -0.371. The van der Waals surface area contributed by atoms with Crippen molar-refractivity contribution in [2.45, 2.75) is 37.6 Å². The molecule has 4 aromatic rings. The van der Waals surface area contributed by atoms with Crippen LogP contribution in [0.5, 0.6) is 0 Å². The Morgan fingerprint density at radius 1 is 1.05 bits per heavy atom. The number of aryl methyl sites for hydroxylation is 1. The second kappa shape index (κ2) is 9.53. The number of piperazine rings is 1. The molecule has 0 atom stereocenters. The summed E-state index contributed by atoms with van der Waals surface area (Å²) in [7, 11) is 2.09. The van der Waals surface area contributed by atoms with Crippen LogP contribution in [0.15, 0.2) is 54.9 Å². The van der Waals surface area contributed by atoms with Gasteiger partial charge in [0.2, 0.25) is 0 Å². The second-order valence-corrected chi connectivity index (χ2v) is 10.4. The molecule has 3 heterocycles. The number of pyridine rings is 1. The molecule has 2 fully saturated rings. The number of rotatable bonds is 4. The van der Waals surface area contributed by atoms with Crippen molar-refractivity contribution in [3.8, 4) is 6.07 Å². The van der Waals surface area contributed by atoms with Gasteiger partial charge in [-0.25, -0.2) is 4.79 Å². The zero-order valence-electron chi connectivity index (χ0n) is 21.1. The maximum Gasteiger partial charge on any atom is 0.335 e. The Balaban J connectivity index is 1.13. The lowest BCUT2D eigenvalue weighted by Crippen LogP contribution is -2.51. The standard InChI is InChI=1S/C30H31N5O2/c1-33-19-26(25-15-20(18-31)4-9-27(25)33)21-5-7-24(8-6-21)34-11-13-35(14-12-34)28-17-23(30(36)37)16-22-3-2-10-32-29(22)28/h2-4,9-10,15-17,19,21,24H,5-8,11-14H2,1H3,(H,36,37)/t21-,24+. The van der Waals surface area contributed by atoms with E-state index >= 15 is 0 Å². The summed E-state index contributed by atoms with van der Waals surface area (Å²) in [5.41, 5.74) is 5.41. The van der Waals surface area contributed by atoms with Crippen LogP contribution < -0.4 is 4.90 Å². The molecule has 0 spiro atoms. The minimum Gasteiger partial charge on any atom is -0.478 e. The number of aromatic carboxylic acids is 1. The average molecular weight is 494 g/mol. The van der Waals surface area contributed by atoms with E-state index in [9.17, 15) is 15.2 Å². The molecule has 7 heteroatoms. The van der Waals surface area contributed by atoms with E-state index in [2.05, 4.69) is 44.7 Å². The first-order valence-electron chi connectivity index (χ1n) is 13.1. The maximum atomic E-state index is 11.7. The van der Waals surface area contributed by atoms with E-state index in [0.717, 1.165) is 61.2 Å². The smallest absolute Gasteiger partial charge is 0.335 e. The fourth-order valence-corrected chi connectivity index (χ4v) is 6.43. The van der Waals surface area contributed by atoms with E-state index in [-0.39, 0.29) is 0 Å². The number of benzene rings is 2. The topological polar surface area (TPSA) is 85.4 Å². The first kappa shape index (κ1) is 23.5. The van der Waals surface area contributed by atoms with Crippen molar-refractivity contribution in [1.82, 2.24) is 14.5 Å². The Bertz CT molecular complexity index is 1520. The zero-order chi connectivity index (χ0) is 25.5. The number of aromatic nitrogens is 2. The Morgan fingerprint density at radius 2 is 1.84 bits per heavy atom. The lowest BCUT2D eigenvalue weighted by atomic mass is 9.81. The molecular formula is C30H31N5O2. The number of carboxylic acids is 1. The second-order valence-electron chi connectivity index (χ2n) is 10.4. The third-order valence-corrected chi connectivity index (χ3v) is 8.39. The molecule has 0 bridgehead atoms. The number of nitriles is 1. The van der Waals surface area contributed by atoms with Crippen molar-refractivity contribution < 1.29 is 9.90 Å². The summed E-state index contributed by atoms with van der Waals surface area (Å²) in [6, 6.07) is 16.2. The highest BCUT2D eigenvalue weighted by molar-refractivity contribution is 5.99. The van der Waals surface area contributed by atoms with Crippen LogP contribution in [-0.2, 0) is 7.05 Å². The molecule has 0 unspecified atom stereocenters. The van der Waals surface area contributed by atoms with Gasteiger partial charge in [0.25, 0.3) is 0 Å². The number of anilines is 1. The first-order valence-corrected chi connectivity index (χ1v) is 13.1. The molecule has 1 aliphatic carbocycles. The van der Waals surface area contributed by atoms with Gasteiger partial charge >= 0.3 is 5.97 Å². The van der Waals surface area contributed by atoms with Crippen LogP contribution in [0.3, 0.4) is 0 Å². The predicted octanol–water partition coefficient (Wildman–Crippen LogP) is 5.14. The number of hydrogen-bond acceptors (Lipinski definition) is 5. The van der Waals surface area contributed by atoms with Crippen molar-refractivity contribution in [3.63, 3.8) is 0 Å². The summed E-state index contributed by atoms with van der Waals surface area (Å²) in [6.07, 6.45) is 8.72. The Kier molecular flexibility index (Phi) is 6.05. The zero-order valence-corrected chi connectivity index (χ0v) is 21.1. The maximum absolute atomic E-state index is 11.7. The molecule has 1 saturated heterocycles. The normalized spacial score (nSPS) is 20.8. The van der Waals surface area contributed by atoms with Gasteiger partial charge in [0.05, 0.1) is 28.4 Å². The van der Waals surface area contributed by atoms with Crippen molar-refractivity contribution in [2.24, 2.45) is 7.05 Å². The van der Waals surface area contributed by atoms with Crippen molar-refractivity contribution >= 4 is 33.5 Å². The minimum absolute atomic E-state index is 0.312. The molecule has 7 nitrogen and oxygen atoms in total. The van der Waals surface area contributed by atoms with E-state index in [0.29, 0.717) is 17.5 Å². The average Bonchev–Trinajstić information content (AvgIpc) is 3.28. The van der Waals surface area contributed by atoms with Crippen LogP contribution in [0.25, 0.3) is 21.8 Å². The summed E-state index contributed by atoms with van der Waals surface area (Å²) < 4.78 is 2.19. The molecule has 1 aliphatic heterocycles. The van der Waals surface area contributed by atoms with Crippen molar-refractivity contribution in [2.75, 3.05) is 31.1 Å². The molecule has 0 amide bonds. The Hall–Kier alpha value is -3.89. The monoisotopic (exact) mass is 493 g/mol. The van der Waals surface area contributed by atoms with Gasteiger partial charge in [0.15, 0.2) is 0 Å². The highest BCUT2D eigenvalue weighted by Gasteiger charge is 2.30. The van der Waals surface area contributed by atoms with Gasteiger partial charge in [-0.1, -0.05) is 6.07 Å². The molecule has 1 N–H and O–H groups in total. The number of carboxylic acid groups (broad SMARTS) is 1. The molecule has 2 aromatic heterocycles. The van der Waals surface area contributed by atoms with E-state index in [1.807, 2.05) is 24.3 Å². The Morgan fingerprint density at radius 3 is 2.57 bits per heavy atom. The SMILES string of the molecule is Cn1cc([C@H]2CC[C@@H](N3CCN(c4cc(C(=O)O)cc5cccnc45)CC3)CC2)c2cc(C#N)ccc21. The van der Waals surface area contributed by atoms with Gasteiger partial charge in [-0.15, -0.1) is 0 Å². The number of fused-ring (bicyclic) bond motifs is 2. The van der Waals surface area contributed by atoms with Gasteiger partial charge < -0.3 is 14.6 Å². The molecule has 188 valence electrons. The summed E-state index contributed by atoms with van der Waals surface area (Å²) in [5, 5.41) is 21.1. The van der Waals surface area contributed by atoms with Crippen molar-refractivity contribution in [3.05, 3.63) is 71.5 Å². The van der Waals surface area contributed by atoms with Crippen LogP contribution in [-0.4, -0.2) is 57.7 Å². The van der Waals surface area contributed by atoms with Crippen LogP contribution >= 0.6 is 0 Å². The molecule has 0 radical (unpaired) electrons. The third-order valence-electron chi connectivity index (χ3n) is 8.39. The highest BCUT2D eigenvalue weighted by Crippen LogP contribution is 2.39. The number of carbonyl (C=O) groups is 1. The largest absolute Gasteiger partial charge is 0.478 e. The predicted molar refractivity (Wildman–Crippen MR) is 145 cm³/mol. The van der Waals surface area contributed by atoms with E-state index in [4.69, 9.17) is 0 Å². The van der Waals surface area contributed by atoms with Gasteiger partial charge in [-0.2, -0.15) is 5.26 Å². The molecular weight excluding hydrogens is 462 g/mol. The van der Waals surface area contributed by atoms with Gasteiger partial charge in [0.1, 0.15) is 0 Å². The van der Waals surface area contributed by atoms with Gasteiger partial charge in [0, 0.05) is 68.0 Å². The fourth-order valence-electron chi connectivity index (χ4n) is 6.43. The van der Waals surface area contributed by atoms with Gasteiger partial charge in [-0.3, -0.25) is 9.88 Å². The number of nitrogens with zero attached hydrogens (tertiary/aromatic N) is 5. The van der Waals surface area contributed by atoms with Gasteiger partial charge in [-0.05, 0) is 73.6 Å². The highest BCUT2D eigenvalue weighted by atomic mass is 16.4. The van der Waals surface area contributed by atoms with E-state index in [1.54, 1.807) is 18.3 Å². The summed E-state index contributed by atoms with van der Waals surface area (Å²) >= 11 is 0. The van der Waals surface area contributed by atoms with Crippen LogP contribution in [0.4, 0.5) is 5.69 Å². The van der Waals surface area contributed by atoms with Crippen LogP contribution in [0.1, 0.15) is 53.1 Å². The van der Waals surface area contributed by atoms with E-state index < -0.39 is 5.97 Å². The number of hydrogen-bond donors (Lipinski definition) is 1. The first-order chi connectivity index (χ1) is 18.0. The molecule has 37 heavy (non-hydrogen) atoms. The quantitative estimate of drug-likeness (QED) is 0.423. The van der Waals surface area contributed by atoms with E-state index in [1.165, 1.54) is 29.3 Å². The molecule has 2 aliphatic rings. The van der Waals surface area contributed by atoms with Crippen LogP contribution in [0, 0.1) is 11.3 Å². The lowest BCUT2D eigenvalue weighted by Gasteiger charge is -2.42. The molecule has 2 aromatic carbocycles. The van der Waals surface area contributed by atoms with Crippen LogP contribution in [0.2, 0.25) is 0 Å². The Labute approximate surface area is 216 Å². The van der Waals surface area contributed by atoms with Crippen molar-refractivity contribution in [1.29, 1.82) is 5.26 Å². The fraction of sp³-hybridized carbons (Fsp3) is 0.367. The lowest BCUT2D eigenvalue weighted by molar-refractivity contribution is 0.0697. The summed E-state index contributed by atoms with van der Waals surface area (Å²) in [6.45, 7) is 3.69.